The first kappa shape index (κ1) is 11.5. The molecule has 0 aromatic heterocycles. The molecule has 0 heterocycles. The average Bonchev–Trinajstić information content (AvgIpc) is 2.84. The van der Waals surface area contributed by atoms with Gasteiger partial charge in [0, 0.05) is 6.04 Å². The van der Waals surface area contributed by atoms with Gasteiger partial charge in [0.15, 0.2) is 0 Å². The third kappa shape index (κ3) is 3.66. The van der Waals surface area contributed by atoms with E-state index in [1.54, 1.807) is 0 Å². The first-order chi connectivity index (χ1) is 6.50. The summed E-state index contributed by atoms with van der Waals surface area (Å²) in [6, 6.07) is -0.186. The summed E-state index contributed by atoms with van der Waals surface area (Å²) in [6.07, 6.45) is 3.86. The number of carboxylic acids is 1. The number of rotatable bonds is 6. The van der Waals surface area contributed by atoms with E-state index in [1.807, 2.05) is 0 Å². The summed E-state index contributed by atoms with van der Waals surface area (Å²) in [5.74, 6) is 1.13. The van der Waals surface area contributed by atoms with Crippen molar-refractivity contribution in [2.75, 3.05) is 0 Å². The molecular formula is C11H21NO2. The van der Waals surface area contributed by atoms with Crippen molar-refractivity contribution in [3.05, 3.63) is 0 Å². The Hall–Kier alpha value is -0.570. The van der Waals surface area contributed by atoms with Crippen LogP contribution in [0.5, 0.6) is 0 Å². The predicted molar refractivity (Wildman–Crippen MR) is 55.9 cm³/mol. The lowest BCUT2D eigenvalue weighted by Gasteiger charge is -2.21. The largest absolute Gasteiger partial charge is 0.481 e. The maximum atomic E-state index is 10.5. The zero-order valence-electron chi connectivity index (χ0n) is 9.07. The molecule has 0 saturated heterocycles. The number of hydrogen-bond acceptors (Lipinski definition) is 2. The van der Waals surface area contributed by atoms with E-state index in [-0.39, 0.29) is 12.5 Å². The Bertz CT molecular complexity index is 201. The molecule has 1 fully saturated rings. The highest BCUT2D eigenvalue weighted by Gasteiger charge is 2.30. The van der Waals surface area contributed by atoms with Gasteiger partial charge in [-0.25, -0.2) is 0 Å². The molecule has 0 bridgehead atoms. The van der Waals surface area contributed by atoms with Gasteiger partial charge in [-0.2, -0.15) is 0 Å². The van der Waals surface area contributed by atoms with E-state index in [2.05, 4.69) is 13.8 Å². The molecule has 0 amide bonds. The van der Waals surface area contributed by atoms with Gasteiger partial charge in [0.05, 0.1) is 6.42 Å². The van der Waals surface area contributed by atoms with Gasteiger partial charge in [0.2, 0.25) is 0 Å². The summed E-state index contributed by atoms with van der Waals surface area (Å²) in [6.45, 7) is 4.31. The van der Waals surface area contributed by atoms with E-state index in [1.165, 1.54) is 12.8 Å². The molecular weight excluding hydrogens is 178 g/mol. The van der Waals surface area contributed by atoms with E-state index in [9.17, 15) is 4.79 Å². The van der Waals surface area contributed by atoms with E-state index >= 15 is 0 Å². The van der Waals surface area contributed by atoms with Crippen LogP contribution in [0.25, 0.3) is 0 Å². The van der Waals surface area contributed by atoms with Gasteiger partial charge < -0.3 is 10.8 Å². The zero-order chi connectivity index (χ0) is 10.7. The van der Waals surface area contributed by atoms with E-state index in [0.29, 0.717) is 11.8 Å². The van der Waals surface area contributed by atoms with Crippen molar-refractivity contribution in [1.29, 1.82) is 0 Å². The Balaban J connectivity index is 2.24. The topological polar surface area (TPSA) is 63.3 Å². The minimum atomic E-state index is -0.788. The Morgan fingerprint density at radius 2 is 2.07 bits per heavy atom. The molecule has 82 valence electrons. The van der Waals surface area contributed by atoms with Crippen LogP contribution in [0.4, 0.5) is 0 Å². The lowest BCUT2D eigenvalue weighted by atomic mass is 9.88. The van der Waals surface area contributed by atoms with Gasteiger partial charge in [-0.15, -0.1) is 0 Å². The minimum absolute atomic E-state index is 0.0958. The molecule has 0 aromatic carbocycles. The van der Waals surface area contributed by atoms with Crippen LogP contribution >= 0.6 is 0 Å². The van der Waals surface area contributed by atoms with Crippen molar-refractivity contribution in [1.82, 2.24) is 0 Å². The number of nitrogens with two attached hydrogens (primary N) is 1. The number of hydrogen-bond donors (Lipinski definition) is 2. The third-order valence-electron chi connectivity index (χ3n) is 3.31. The molecule has 1 aliphatic carbocycles. The van der Waals surface area contributed by atoms with E-state index < -0.39 is 5.97 Å². The summed E-state index contributed by atoms with van der Waals surface area (Å²) in [4.78, 5) is 10.5. The lowest BCUT2D eigenvalue weighted by molar-refractivity contribution is -0.137. The van der Waals surface area contributed by atoms with E-state index in [0.717, 1.165) is 12.3 Å². The van der Waals surface area contributed by atoms with Crippen LogP contribution in [0.2, 0.25) is 0 Å². The van der Waals surface area contributed by atoms with Crippen molar-refractivity contribution in [2.45, 2.75) is 45.6 Å². The zero-order valence-corrected chi connectivity index (χ0v) is 9.07. The standard InChI is InChI=1S/C11H21NO2/c1-7(9-3-4-9)5-8(2)10(12)6-11(13)14/h7-10H,3-6,12H2,1-2H3,(H,13,14). The molecule has 0 aromatic rings. The second kappa shape index (κ2) is 4.78. The van der Waals surface area contributed by atoms with Crippen LogP contribution in [0, 0.1) is 17.8 Å². The van der Waals surface area contributed by atoms with Gasteiger partial charge in [-0.1, -0.05) is 13.8 Å². The normalized spacial score (nSPS) is 22.8. The SMILES string of the molecule is CC(CC(C)C1CC1)C(N)CC(=O)O. The molecule has 3 nitrogen and oxygen atoms in total. The van der Waals surface area contributed by atoms with Gasteiger partial charge in [-0.05, 0) is 37.0 Å². The highest BCUT2D eigenvalue weighted by molar-refractivity contribution is 5.67. The Labute approximate surface area is 85.7 Å². The summed E-state index contributed by atoms with van der Waals surface area (Å²) >= 11 is 0. The molecule has 3 N–H and O–H groups in total. The maximum absolute atomic E-state index is 10.5. The Morgan fingerprint density at radius 1 is 1.50 bits per heavy atom. The highest BCUT2D eigenvalue weighted by atomic mass is 16.4. The van der Waals surface area contributed by atoms with Crippen molar-refractivity contribution >= 4 is 5.97 Å². The lowest BCUT2D eigenvalue weighted by Crippen LogP contribution is -2.32. The van der Waals surface area contributed by atoms with Crippen molar-refractivity contribution in [2.24, 2.45) is 23.5 Å². The fourth-order valence-electron chi connectivity index (χ4n) is 2.02. The molecule has 3 unspecified atom stereocenters. The maximum Gasteiger partial charge on any atom is 0.304 e. The van der Waals surface area contributed by atoms with Crippen LogP contribution in [0.1, 0.15) is 39.5 Å². The van der Waals surface area contributed by atoms with E-state index in [4.69, 9.17) is 10.8 Å². The van der Waals surface area contributed by atoms with Crippen molar-refractivity contribution < 1.29 is 9.90 Å². The second-order valence-electron chi connectivity index (χ2n) is 4.79. The quantitative estimate of drug-likeness (QED) is 0.686. The second-order valence-corrected chi connectivity index (χ2v) is 4.79. The molecule has 1 aliphatic rings. The van der Waals surface area contributed by atoms with Crippen molar-refractivity contribution in [3.8, 4) is 0 Å². The van der Waals surface area contributed by atoms with Gasteiger partial charge >= 0.3 is 5.97 Å². The smallest absolute Gasteiger partial charge is 0.304 e. The van der Waals surface area contributed by atoms with Crippen LogP contribution in [0.3, 0.4) is 0 Å². The van der Waals surface area contributed by atoms with Gasteiger partial charge in [-0.3, -0.25) is 4.79 Å². The fraction of sp³-hybridized carbons (Fsp3) is 0.909. The fourth-order valence-corrected chi connectivity index (χ4v) is 2.02. The van der Waals surface area contributed by atoms with Crippen LogP contribution in [-0.4, -0.2) is 17.1 Å². The summed E-state index contributed by atoms with van der Waals surface area (Å²) < 4.78 is 0. The molecule has 1 rings (SSSR count). The Kier molecular flexibility index (Phi) is 3.93. The number of carboxylic acid groups (broad SMARTS) is 1. The van der Waals surface area contributed by atoms with Crippen molar-refractivity contribution in [3.63, 3.8) is 0 Å². The summed E-state index contributed by atoms with van der Waals surface area (Å²) in [5.41, 5.74) is 5.81. The monoisotopic (exact) mass is 199 g/mol. The molecule has 14 heavy (non-hydrogen) atoms. The molecule has 3 heteroatoms. The molecule has 0 aliphatic heterocycles. The first-order valence-electron chi connectivity index (χ1n) is 5.48. The molecule has 1 saturated carbocycles. The third-order valence-corrected chi connectivity index (χ3v) is 3.31. The van der Waals surface area contributed by atoms with Gasteiger partial charge in [0.25, 0.3) is 0 Å². The predicted octanol–water partition coefficient (Wildman–Crippen LogP) is 1.86. The highest BCUT2D eigenvalue weighted by Crippen LogP contribution is 2.39. The first-order valence-corrected chi connectivity index (χ1v) is 5.48. The van der Waals surface area contributed by atoms with Gasteiger partial charge in [0.1, 0.15) is 0 Å². The van der Waals surface area contributed by atoms with Crippen LogP contribution in [-0.2, 0) is 4.79 Å². The summed E-state index contributed by atoms with van der Waals surface area (Å²) in [7, 11) is 0. The molecule has 0 radical (unpaired) electrons. The Morgan fingerprint density at radius 3 is 2.50 bits per heavy atom. The number of aliphatic carboxylic acids is 1. The average molecular weight is 199 g/mol. The summed E-state index contributed by atoms with van der Waals surface area (Å²) in [5, 5.41) is 8.61. The number of carbonyl (C=O) groups is 1. The van der Waals surface area contributed by atoms with Crippen LogP contribution in [0.15, 0.2) is 0 Å². The molecule has 3 atom stereocenters. The molecule has 0 spiro atoms. The van der Waals surface area contributed by atoms with Crippen LogP contribution < -0.4 is 5.73 Å². The minimum Gasteiger partial charge on any atom is -0.481 e.